The molecule has 0 aliphatic carbocycles. The molecule has 1 unspecified atom stereocenters. The molecule has 1 heterocycles. The number of ether oxygens (including phenoxy) is 2. The largest absolute Gasteiger partial charge is 0.398 e. The number of hydrogen-bond acceptors (Lipinski definition) is 5. The molecule has 4 rings (SSSR count). The second kappa shape index (κ2) is 12.7. The quantitative estimate of drug-likeness (QED) is 0.169. The molecular weight excluding hydrogens is 640 g/mol. The first-order valence-electron chi connectivity index (χ1n) is 12.0. The predicted molar refractivity (Wildman–Crippen MR) is 159 cm³/mol. The van der Waals surface area contributed by atoms with E-state index in [9.17, 15) is 9.59 Å². The third-order valence-corrected chi connectivity index (χ3v) is 7.64. The van der Waals surface area contributed by atoms with Gasteiger partial charge in [0.2, 0.25) is 0 Å². The third-order valence-electron chi connectivity index (χ3n) is 6.49. The van der Waals surface area contributed by atoms with Crippen LogP contribution in [0.2, 0.25) is 10.0 Å². The summed E-state index contributed by atoms with van der Waals surface area (Å²) in [4.78, 5) is 32.0. The molecule has 0 bridgehead atoms. The Balaban J connectivity index is 1.86. The van der Waals surface area contributed by atoms with Crippen LogP contribution in [0.1, 0.15) is 40.5 Å². The van der Waals surface area contributed by atoms with Crippen LogP contribution in [-0.2, 0) is 14.3 Å². The highest BCUT2D eigenvalue weighted by Gasteiger charge is 2.43. The summed E-state index contributed by atoms with van der Waals surface area (Å²) in [7, 11) is 1.60. The van der Waals surface area contributed by atoms with Crippen molar-refractivity contribution in [3.63, 3.8) is 0 Å². The SMILES string of the molecule is COCCOCCN1C(=O)C(c2ccc(Cl)cc2)N([C@@H](C)c2ccc(Cl)cc2N)C(=O)c2cc(I)ccc21. The van der Waals surface area contributed by atoms with Gasteiger partial charge < -0.3 is 25.0 Å². The van der Waals surface area contributed by atoms with E-state index in [0.717, 1.165) is 3.57 Å². The summed E-state index contributed by atoms with van der Waals surface area (Å²) in [6, 6.07) is 16.2. The Hall–Kier alpha value is -2.37. The van der Waals surface area contributed by atoms with Crippen molar-refractivity contribution in [1.29, 1.82) is 0 Å². The Morgan fingerprint density at radius 2 is 1.68 bits per heavy atom. The number of carbonyl (C=O) groups excluding carboxylic acids is 2. The lowest BCUT2D eigenvalue weighted by atomic mass is 9.97. The Morgan fingerprint density at radius 3 is 2.37 bits per heavy atom. The average molecular weight is 668 g/mol. The zero-order chi connectivity index (χ0) is 27.4. The maximum absolute atomic E-state index is 14.4. The maximum Gasteiger partial charge on any atom is 0.257 e. The molecule has 3 aromatic carbocycles. The molecule has 0 radical (unpaired) electrons. The van der Waals surface area contributed by atoms with Gasteiger partial charge in [-0.1, -0.05) is 41.4 Å². The number of nitrogens with two attached hydrogens (primary N) is 1. The molecule has 7 nitrogen and oxygen atoms in total. The van der Waals surface area contributed by atoms with Gasteiger partial charge in [-0.05, 0) is 83.1 Å². The zero-order valence-corrected chi connectivity index (χ0v) is 24.7. The van der Waals surface area contributed by atoms with E-state index >= 15 is 0 Å². The molecule has 0 spiro atoms. The number of methoxy groups -OCH3 is 1. The number of halogens is 3. The minimum atomic E-state index is -0.936. The topological polar surface area (TPSA) is 85.1 Å². The van der Waals surface area contributed by atoms with Gasteiger partial charge >= 0.3 is 0 Å². The van der Waals surface area contributed by atoms with Gasteiger partial charge in [-0.25, -0.2) is 0 Å². The second-order valence-corrected chi connectivity index (χ2v) is 11.0. The maximum atomic E-state index is 14.4. The summed E-state index contributed by atoms with van der Waals surface area (Å²) in [5.41, 5.74) is 9.08. The molecule has 3 aromatic rings. The van der Waals surface area contributed by atoms with Gasteiger partial charge in [-0.2, -0.15) is 0 Å². The lowest BCUT2D eigenvalue weighted by Gasteiger charge is -2.36. The lowest BCUT2D eigenvalue weighted by molar-refractivity contribution is -0.124. The Kier molecular flexibility index (Phi) is 9.54. The van der Waals surface area contributed by atoms with Crippen LogP contribution >= 0.6 is 45.8 Å². The fraction of sp³-hybridized carbons (Fsp3) is 0.286. The highest BCUT2D eigenvalue weighted by molar-refractivity contribution is 14.1. The van der Waals surface area contributed by atoms with Crippen molar-refractivity contribution in [2.24, 2.45) is 0 Å². The Bertz CT molecular complexity index is 1320. The number of carbonyl (C=O) groups is 2. The summed E-state index contributed by atoms with van der Waals surface area (Å²) in [6.07, 6.45) is 0. The monoisotopic (exact) mass is 667 g/mol. The normalized spacial score (nSPS) is 16.4. The minimum absolute atomic E-state index is 0.254. The molecule has 10 heteroatoms. The predicted octanol–water partition coefficient (Wildman–Crippen LogP) is 6.13. The highest BCUT2D eigenvalue weighted by Crippen LogP contribution is 2.41. The van der Waals surface area contributed by atoms with Crippen molar-refractivity contribution < 1.29 is 19.1 Å². The van der Waals surface area contributed by atoms with Crippen LogP contribution in [0.15, 0.2) is 60.7 Å². The number of nitrogens with zero attached hydrogens (tertiary/aromatic N) is 2. The Labute approximate surface area is 245 Å². The molecule has 1 aliphatic heterocycles. The van der Waals surface area contributed by atoms with Gasteiger partial charge in [0.05, 0.1) is 37.1 Å². The van der Waals surface area contributed by atoms with Crippen LogP contribution in [0.5, 0.6) is 0 Å². The summed E-state index contributed by atoms with van der Waals surface area (Å²) in [5.74, 6) is -0.535. The molecule has 2 N–H and O–H groups in total. The number of nitrogen functional groups attached to an aromatic ring is 1. The standard InChI is InChI=1S/C28H28Cl2IN3O4/c1-17(22-9-7-20(30)15-24(22)32)34-26(18-3-5-19(29)6-4-18)28(36)33(11-12-38-14-13-37-2)25-10-8-21(31)16-23(25)27(34)35/h3-10,15-17,26H,11-14,32H2,1-2H3/t17-,26?/m0/s1. The fourth-order valence-corrected chi connectivity index (χ4v) is 5.41. The second-order valence-electron chi connectivity index (χ2n) is 8.87. The first-order chi connectivity index (χ1) is 18.2. The van der Waals surface area contributed by atoms with Crippen LogP contribution in [0.4, 0.5) is 11.4 Å². The number of hydrogen-bond donors (Lipinski definition) is 1. The van der Waals surface area contributed by atoms with Gasteiger partial charge in [-0.15, -0.1) is 0 Å². The van der Waals surface area contributed by atoms with E-state index < -0.39 is 12.1 Å². The van der Waals surface area contributed by atoms with Crippen LogP contribution < -0.4 is 10.6 Å². The van der Waals surface area contributed by atoms with E-state index in [4.69, 9.17) is 38.4 Å². The van der Waals surface area contributed by atoms with Crippen molar-refractivity contribution in [2.75, 3.05) is 44.1 Å². The van der Waals surface area contributed by atoms with Gasteiger partial charge in [0, 0.05) is 33.0 Å². The molecule has 2 amide bonds. The van der Waals surface area contributed by atoms with Gasteiger partial charge in [0.1, 0.15) is 6.04 Å². The van der Waals surface area contributed by atoms with Crippen LogP contribution in [0, 0.1) is 3.57 Å². The van der Waals surface area contributed by atoms with Crippen molar-refractivity contribution in [2.45, 2.75) is 19.0 Å². The van der Waals surface area contributed by atoms with E-state index in [2.05, 4.69) is 22.6 Å². The molecular formula is C28H28Cl2IN3O4. The van der Waals surface area contributed by atoms with Crippen LogP contribution in [0.3, 0.4) is 0 Å². The number of amides is 2. The van der Waals surface area contributed by atoms with Gasteiger partial charge in [0.15, 0.2) is 0 Å². The number of benzene rings is 3. The smallest absolute Gasteiger partial charge is 0.257 e. The molecule has 0 saturated heterocycles. The number of fused-ring (bicyclic) bond motifs is 1. The first kappa shape index (κ1) is 28.6. The number of rotatable bonds is 9. The van der Waals surface area contributed by atoms with E-state index in [1.165, 1.54) is 0 Å². The average Bonchev–Trinajstić information content (AvgIpc) is 2.97. The van der Waals surface area contributed by atoms with Crippen molar-refractivity contribution in [3.8, 4) is 0 Å². The van der Waals surface area contributed by atoms with Crippen molar-refractivity contribution >= 4 is 69.0 Å². The molecule has 200 valence electrons. The van der Waals surface area contributed by atoms with Crippen LogP contribution in [0.25, 0.3) is 0 Å². The molecule has 2 atom stereocenters. The summed E-state index contributed by atoms with van der Waals surface area (Å²) < 4.78 is 11.6. The summed E-state index contributed by atoms with van der Waals surface area (Å²) >= 11 is 14.5. The fourth-order valence-electron chi connectivity index (χ4n) is 4.61. The van der Waals surface area contributed by atoms with Gasteiger partial charge in [-0.3, -0.25) is 9.59 Å². The highest BCUT2D eigenvalue weighted by atomic mass is 127. The van der Waals surface area contributed by atoms with Gasteiger partial charge in [0.25, 0.3) is 11.8 Å². The summed E-state index contributed by atoms with van der Waals surface area (Å²) in [5, 5.41) is 1.02. The van der Waals surface area contributed by atoms with E-state index in [-0.39, 0.29) is 25.0 Å². The molecule has 0 aromatic heterocycles. The zero-order valence-electron chi connectivity index (χ0n) is 21.0. The summed E-state index contributed by atoms with van der Waals surface area (Å²) in [6.45, 7) is 3.25. The Morgan fingerprint density at radius 1 is 0.974 bits per heavy atom. The third kappa shape index (κ3) is 6.10. The van der Waals surface area contributed by atoms with Crippen molar-refractivity contribution in [1.82, 2.24) is 4.90 Å². The van der Waals surface area contributed by atoms with E-state index in [0.29, 0.717) is 51.3 Å². The molecule has 0 fully saturated rings. The van der Waals surface area contributed by atoms with Crippen molar-refractivity contribution in [3.05, 3.63) is 91.0 Å². The molecule has 0 saturated carbocycles. The minimum Gasteiger partial charge on any atom is -0.398 e. The first-order valence-corrected chi connectivity index (χ1v) is 13.9. The van der Waals surface area contributed by atoms with E-state index in [1.807, 2.05) is 19.1 Å². The molecule has 38 heavy (non-hydrogen) atoms. The van der Waals surface area contributed by atoms with Crippen LogP contribution in [-0.4, -0.2) is 50.2 Å². The lowest BCUT2D eigenvalue weighted by Crippen LogP contribution is -2.44. The number of anilines is 2. The van der Waals surface area contributed by atoms with E-state index in [1.54, 1.807) is 65.4 Å². The molecule has 1 aliphatic rings.